The van der Waals surface area contributed by atoms with Gasteiger partial charge in [0.25, 0.3) is 0 Å². The van der Waals surface area contributed by atoms with Crippen molar-refractivity contribution in [2.45, 2.75) is 0 Å². The summed E-state index contributed by atoms with van der Waals surface area (Å²) in [4.78, 5) is 0. The minimum absolute atomic E-state index is 0. The summed E-state index contributed by atoms with van der Waals surface area (Å²) in [7, 11) is 0. The van der Waals surface area contributed by atoms with Crippen LogP contribution in [0.4, 0.5) is 0 Å². The predicted molar refractivity (Wildman–Crippen MR) is 33.7 cm³/mol. The van der Waals surface area contributed by atoms with Gasteiger partial charge in [-0.1, -0.05) is 0 Å². The van der Waals surface area contributed by atoms with Crippen molar-refractivity contribution in [2.75, 3.05) is 0 Å². The summed E-state index contributed by atoms with van der Waals surface area (Å²) in [5, 5.41) is 0. The van der Waals surface area contributed by atoms with Crippen LogP contribution in [0, 0.1) is 0 Å². The first-order valence-electron chi connectivity index (χ1n) is 0. The van der Waals surface area contributed by atoms with E-state index in [4.69, 9.17) is 0 Å². The van der Waals surface area contributed by atoms with Gasteiger partial charge in [0.15, 0.2) is 17.4 Å². The average molecular weight is 328 g/mol. The Labute approximate surface area is 120 Å². The van der Waals surface area contributed by atoms with Gasteiger partial charge in [-0.3, -0.25) is 0 Å². The Hall–Kier alpha value is 3.60. The molecule has 0 aliphatic rings. The molecule has 0 saturated heterocycles. The number of hydrogen-bond donors (Lipinski definition) is 0. The molecule has 0 N–H and O–H groups in total. The van der Waals surface area contributed by atoms with Crippen LogP contribution in [0.1, 0.15) is 1.43 Å². The van der Waals surface area contributed by atoms with E-state index in [1.165, 1.54) is 0 Å². The second-order valence-electron chi connectivity index (χ2n) is 0. The summed E-state index contributed by atoms with van der Waals surface area (Å²) in [6, 6.07) is 0. The van der Waals surface area contributed by atoms with Crippen LogP contribution in [0.25, 0.3) is 0 Å². The molecule has 0 atom stereocenters. The topological polar surface area (TPSA) is 0 Å². The molecule has 0 saturated carbocycles. The molecule has 0 heterocycles. The average Bonchev–Trinajstić information content (AvgIpc) is 0. The third kappa shape index (κ3) is 9.15. The first-order valence-corrected chi connectivity index (χ1v) is 0. The molecular weight excluding hydrogens is 322 g/mol. The van der Waals surface area contributed by atoms with Gasteiger partial charge in [-0.25, -0.2) is 0 Å². The zero-order chi connectivity index (χ0) is 0. The molecule has 0 aromatic rings. The Morgan fingerprint density at radius 1 is 1.25 bits per heavy atom. The van der Waals surface area contributed by atoms with Gasteiger partial charge in [-0.2, -0.15) is 0 Å². The molecule has 0 aromatic heterocycles. The van der Waals surface area contributed by atoms with Crippen LogP contribution < -0.4 is 68.9 Å². The molecule has 0 aliphatic heterocycles. The molecule has 4 heavy (non-hydrogen) atoms. The molecule has 0 spiro atoms. The van der Waals surface area contributed by atoms with E-state index in [-0.39, 0.29) is 124 Å². The summed E-state index contributed by atoms with van der Waals surface area (Å²) in [6.45, 7) is 0. The van der Waals surface area contributed by atoms with Crippen LogP contribution in [-0.4, -0.2) is 17.4 Å². The van der Waals surface area contributed by atoms with Crippen molar-refractivity contribution < 1.29 is 70.3 Å². The van der Waals surface area contributed by atoms with Crippen LogP contribution in [-0.2, 0) is 0 Å². The molecule has 4 heteroatoms. The third-order valence-corrected chi connectivity index (χ3v) is 0. The van der Waals surface area contributed by atoms with Crippen molar-refractivity contribution in [1.29, 1.82) is 0 Å². The minimum Gasteiger partial charge on any atom is -1.00 e. The summed E-state index contributed by atoms with van der Waals surface area (Å²) >= 11 is 0. The fourth-order valence-corrected chi connectivity index (χ4v) is 0. The maximum Gasteiger partial charge on any atom is 1.00 e. The molecule has 0 aliphatic carbocycles. The van der Waals surface area contributed by atoms with E-state index in [0.29, 0.717) is 0 Å². The minimum atomic E-state index is 0. The molecule has 0 unspecified atom stereocenters. The van der Waals surface area contributed by atoms with Crippen molar-refractivity contribution in [3.8, 4) is 0 Å². The van der Waals surface area contributed by atoms with E-state index >= 15 is 0 Å². The molecule has 0 aromatic carbocycles. The van der Waals surface area contributed by atoms with E-state index in [0.717, 1.165) is 0 Å². The third-order valence-electron chi connectivity index (χ3n) is 0. The summed E-state index contributed by atoms with van der Waals surface area (Å²) in [5.41, 5.74) is 0. The molecule has 0 amide bonds. The van der Waals surface area contributed by atoms with E-state index in [9.17, 15) is 0 Å². The Bertz CT molecular complexity index is 11.6. The fraction of sp³-hybridized carbons (Fsp3) is 0. The van der Waals surface area contributed by atoms with E-state index < -0.39 is 0 Å². The van der Waals surface area contributed by atoms with Crippen LogP contribution in [0.3, 0.4) is 0 Å². The van der Waals surface area contributed by atoms with Crippen molar-refractivity contribution in [2.24, 2.45) is 0 Å². The molecule has 0 radical (unpaired) electrons. The maximum absolute atomic E-state index is 0. The first-order chi connectivity index (χ1) is 0. The molecule has 0 rings (SSSR count). The smallest absolute Gasteiger partial charge is 1.00 e. The Kier molecular flexibility index (Phi) is 102. The van der Waals surface area contributed by atoms with Crippen molar-refractivity contribution in [1.82, 2.24) is 0 Å². The zero-order valence-electron chi connectivity index (χ0n) is 2.82. The van der Waals surface area contributed by atoms with E-state index in [1.54, 1.807) is 0 Å². The largest absolute Gasteiger partial charge is 1.00 e. The summed E-state index contributed by atoms with van der Waals surface area (Å²) in [5.74, 6) is 0. The molecule has 24 valence electrons. The quantitative estimate of drug-likeness (QED) is 0.328. The van der Waals surface area contributed by atoms with Gasteiger partial charge < -0.3 is 1.43 Å². The molecule has 0 nitrogen and oxygen atoms in total. The van der Waals surface area contributed by atoms with Crippen LogP contribution in [0.2, 0.25) is 0 Å². The Balaban J connectivity index is 0. The van der Waals surface area contributed by atoms with Gasteiger partial charge in [0.05, 0.1) is 0 Å². The maximum atomic E-state index is 0. The van der Waals surface area contributed by atoms with Gasteiger partial charge in [-0.15, -0.1) is 36.4 Å². The standard InChI is InChI=1S/Al.ClH.Cs.HI.4H/h;1H;;1H;;;;/q;;+1;;;;;-1. The number of rotatable bonds is 0. The predicted octanol–water partition coefficient (Wildman–Crippen LogP) is -3.03. The summed E-state index contributed by atoms with van der Waals surface area (Å²) in [6.07, 6.45) is 0. The van der Waals surface area contributed by atoms with Crippen LogP contribution in [0.15, 0.2) is 0 Å². The van der Waals surface area contributed by atoms with E-state index in [1.807, 2.05) is 0 Å². The molecule has 0 bridgehead atoms. The van der Waals surface area contributed by atoms with E-state index in [2.05, 4.69) is 0 Å². The van der Waals surface area contributed by atoms with Gasteiger partial charge in [-0.05, 0) is 0 Å². The van der Waals surface area contributed by atoms with Crippen LogP contribution >= 0.6 is 36.4 Å². The second kappa shape index (κ2) is 16.0. The zero-order valence-corrected chi connectivity index (χ0v) is 11.2. The van der Waals surface area contributed by atoms with Gasteiger partial charge in [0, 0.05) is 0 Å². The van der Waals surface area contributed by atoms with Crippen molar-refractivity contribution >= 4 is 53.7 Å². The first kappa shape index (κ1) is 25.5. The molecule has 0 fully saturated rings. The Morgan fingerprint density at radius 3 is 1.25 bits per heavy atom. The number of hydrogen-bond acceptors (Lipinski definition) is 0. The summed E-state index contributed by atoms with van der Waals surface area (Å²) < 4.78 is 0. The monoisotopic (exact) mass is 328 g/mol. The SMILES string of the molecule is Cl.I.[AlH3].[Cs+].[H-]. The normalized spacial score (nSPS) is 0. The fourth-order valence-electron chi connectivity index (χ4n) is 0. The Morgan fingerprint density at radius 2 is 1.25 bits per heavy atom. The number of halogens is 2. The van der Waals surface area contributed by atoms with Crippen molar-refractivity contribution in [3.05, 3.63) is 0 Å². The second-order valence-corrected chi connectivity index (χ2v) is 0. The van der Waals surface area contributed by atoms with Gasteiger partial charge in [0.2, 0.25) is 0 Å². The van der Waals surface area contributed by atoms with Crippen molar-refractivity contribution in [3.63, 3.8) is 0 Å². The van der Waals surface area contributed by atoms with Gasteiger partial charge in [0.1, 0.15) is 0 Å². The van der Waals surface area contributed by atoms with Gasteiger partial charge >= 0.3 is 68.9 Å². The van der Waals surface area contributed by atoms with Crippen LogP contribution in [0.5, 0.6) is 0 Å². The molecular formula is H6AlClCsI.